The van der Waals surface area contributed by atoms with Crippen LogP contribution in [-0.2, 0) is 0 Å². The normalized spacial score (nSPS) is 10.0. The second-order valence-corrected chi connectivity index (χ2v) is 2.98. The van der Waals surface area contributed by atoms with Crippen molar-refractivity contribution in [3.8, 4) is 17.9 Å². The molecule has 98 valence electrons. The fraction of sp³-hybridized carbons (Fsp3) is 0.100. The standard InChI is InChI=1S/C10H4F4N4O/c11-6-1-2-8(18-17-7(4-15)5-16)9(3-6)19-10(12,13)14/h1-3,18H. The van der Waals surface area contributed by atoms with Crippen LogP contribution in [0.3, 0.4) is 0 Å². The van der Waals surface area contributed by atoms with Gasteiger partial charge in [0, 0.05) is 6.07 Å². The van der Waals surface area contributed by atoms with Gasteiger partial charge in [0.25, 0.3) is 0 Å². The Morgan fingerprint density at radius 2 is 1.89 bits per heavy atom. The first-order valence-corrected chi connectivity index (χ1v) is 4.55. The predicted octanol–water partition coefficient (Wildman–Crippen LogP) is 2.54. The zero-order valence-electron chi connectivity index (χ0n) is 8.99. The molecule has 0 heterocycles. The number of alkyl halides is 3. The third-order valence-electron chi connectivity index (χ3n) is 1.67. The Morgan fingerprint density at radius 1 is 1.26 bits per heavy atom. The summed E-state index contributed by atoms with van der Waals surface area (Å²) >= 11 is 0. The van der Waals surface area contributed by atoms with Crippen molar-refractivity contribution in [2.24, 2.45) is 5.10 Å². The highest BCUT2D eigenvalue weighted by atomic mass is 19.4. The van der Waals surface area contributed by atoms with Gasteiger partial charge < -0.3 is 4.74 Å². The van der Waals surface area contributed by atoms with E-state index >= 15 is 0 Å². The number of anilines is 1. The maximum Gasteiger partial charge on any atom is 0.573 e. The fourth-order valence-corrected chi connectivity index (χ4v) is 0.989. The van der Waals surface area contributed by atoms with E-state index in [1.165, 1.54) is 12.1 Å². The summed E-state index contributed by atoms with van der Waals surface area (Å²) in [7, 11) is 0. The van der Waals surface area contributed by atoms with Gasteiger partial charge in [-0.15, -0.1) is 13.2 Å². The predicted molar refractivity (Wildman–Crippen MR) is 55.4 cm³/mol. The van der Waals surface area contributed by atoms with Crippen LogP contribution in [0.1, 0.15) is 0 Å². The van der Waals surface area contributed by atoms with Gasteiger partial charge in [-0.25, -0.2) is 4.39 Å². The van der Waals surface area contributed by atoms with Crippen LogP contribution in [0.4, 0.5) is 23.2 Å². The lowest BCUT2D eigenvalue weighted by Crippen LogP contribution is -2.18. The molecule has 0 fully saturated rings. The van der Waals surface area contributed by atoms with E-state index in [0.717, 1.165) is 12.1 Å². The minimum Gasteiger partial charge on any atom is -0.403 e. The largest absolute Gasteiger partial charge is 0.573 e. The van der Waals surface area contributed by atoms with E-state index in [9.17, 15) is 17.6 Å². The molecular formula is C10H4F4N4O. The highest BCUT2D eigenvalue weighted by molar-refractivity contribution is 6.10. The van der Waals surface area contributed by atoms with Gasteiger partial charge in [0.2, 0.25) is 5.71 Å². The van der Waals surface area contributed by atoms with Gasteiger partial charge in [-0.1, -0.05) is 0 Å². The molecule has 1 rings (SSSR count). The number of rotatable bonds is 3. The molecule has 0 aliphatic heterocycles. The summed E-state index contributed by atoms with van der Waals surface area (Å²) in [5.74, 6) is -1.82. The number of benzene rings is 1. The SMILES string of the molecule is N#CC(C#N)=NNc1ccc(F)cc1OC(F)(F)F. The second-order valence-electron chi connectivity index (χ2n) is 2.98. The summed E-state index contributed by atoms with van der Waals surface area (Å²) in [5.41, 5.74) is 1.06. The van der Waals surface area contributed by atoms with Crippen LogP contribution >= 0.6 is 0 Å². The van der Waals surface area contributed by atoms with E-state index in [2.05, 4.69) is 9.84 Å². The van der Waals surface area contributed by atoms with E-state index in [0.29, 0.717) is 6.07 Å². The highest BCUT2D eigenvalue weighted by Gasteiger charge is 2.32. The van der Waals surface area contributed by atoms with Crippen molar-refractivity contribution in [1.82, 2.24) is 0 Å². The molecule has 1 aromatic carbocycles. The van der Waals surface area contributed by atoms with E-state index in [4.69, 9.17) is 10.5 Å². The molecule has 0 atom stereocenters. The average molecular weight is 272 g/mol. The van der Waals surface area contributed by atoms with Crippen molar-refractivity contribution in [1.29, 1.82) is 10.5 Å². The number of halogens is 4. The van der Waals surface area contributed by atoms with Crippen LogP contribution in [0.15, 0.2) is 23.3 Å². The summed E-state index contributed by atoms with van der Waals surface area (Å²) in [6, 6.07) is 5.05. The lowest BCUT2D eigenvalue weighted by molar-refractivity contribution is -0.274. The molecule has 0 aromatic heterocycles. The first-order valence-electron chi connectivity index (χ1n) is 4.55. The van der Waals surface area contributed by atoms with E-state index < -0.39 is 23.6 Å². The van der Waals surface area contributed by atoms with Gasteiger partial charge >= 0.3 is 6.36 Å². The van der Waals surface area contributed by atoms with Crippen LogP contribution in [0.5, 0.6) is 5.75 Å². The summed E-state index contributed by atoms with van der Waals surface area (Å²) in [4.78, 5) is 0. The minimum atomic E-state index is -5.01. The number of hydrogen-bond acceptors (Lipinski definition) is 5. The molecule has 9 heteroatoms. The maximum absolute atomic E-state index is 12.8. The number of ether oxygens (including phenoxy) is 1. The third-order valence-corrected chi connectivity index (χ3v) is 1.67. The van der Waals surface area contributed by atoms with E-state index in [1.54, 1.807) is 0 Å². The van der Waals surface area contributed by atoms with Gasteiger partial charge in [0.1, 0.15) is 18.0 Å². The molecule has 0 unspecified atom stereocenters. The van der Waals surface area contributed by atoms with Crippen LogP contribution < -0.4 is 10.2 Å². The second kappa shape index (κ2) is 5.69. The Morgan fingerprint density at radius 3 is 2.42 bits per heavy atom. The third kappa shape index (κ3) is 4.52. The average Bonchev–Trinajstić information content (AvgIpc) is 2.30. The Kier molecular flexibility index (Phi) is 4.27. The zero-order valence-corrected chi connectivity index (χ0v) is 8.99. The van der Waals surface area contributed by atoms with Gasteiger partial charge in [0.05, 0.1) is 5.69 Å². The Labute approximate surface area is 104 Å². The molecule has 0 spiro atoms. The van der Waals surface area contributed by atoms with Gasteiger partial charge in [-0.05, 0) is 12.1 Å². The molecular weight excluding hydrogens is 268 g/mol. The molecule has 0 amide bonds. The van der Waals surface area contributed by atoms with Crippen LogP contribution in [0.25, 0.3) is 0 Å². The first kappa shape index (κ1) is 14.3. The Bertz CT molecular complexity index is 567. The molecule has 1 aromatic rings. The number of nitrogens with one attached hydrogen (secondary N) is 1. The molecule has 19 heavy (non-hydrogen) atoms. The highest BCUT2D eigenvalue weighted by Crippen LogP contribution is 2.30. The van der Waals surface area contributed by atoms with Crippen LogP contribution in [-0.4, -0.2) is 12.1 Å². The lowest BCUT2D eigenvalue weighted by atomic mass is 10.3. The van der Waals surface area contributed by atoms with Crippen molar-refractivity contribution in [3.05, 3.63) is 24.0 Å². The van der Waals surface area contributed by atoms with E-state index in [-0.39, 0.29) is 5.69 Å². The summed E-state index contributed by atoms with van der Waals surface area (Å²) in [5, 5.41) is 20.0. The van der Waals surface area contributed by atoms with Gasteiger partial charge in [-0.2, -0.15) is 15.6 Å². The molecule has 1 N–H and O–H groups in total. The lowest BCUT2D eigenvalue weighted by Gasteiger charge is -2.12. The minimum absolute atomic E-state index is 0.346. The summed E-state index contributed by atoms with van der Waals surface area (Å²) in [6.45, 7) is 0. The molecule has 0 aliphatic rings. The molecule has 0 bridgehead atoms. The summed E-state index contributed by atoms with van der Waals surface area (Å²) in [6.07, 6.45) is -5.01. The Balaban J connectivity index is 3.05. The van der Waals surface area contributed by atoms with Gasteiger partial charge in [0.15, 0.2) is 5.75 Å². The number of nitrogens with zero attached hydrogens (tertiary/aromatic N) is 3. The summed E-state index contributed by atoms with van der Waals surface area (Å²) < 4.78 is 52.6. The first-order chi connectivity index (χ1) is 8.85. The van der Waals surface area contributed by atoms with Crippen LogP contribution in [0, 0.1) is 28.5 Å². The molecule has 0 saturated carbocycles. The molecule has 0 radical (unpaired) electrons. The molecule has 5 nitrogen and oxygen atoms in total. The molecule has 0 aliphatic carbocycles. The van der Waals surface area contributed by atoms with Crippen LogP contribution in [0.2, 0.25) is 0 Å². The smallest absolute Gasteiger partial charge is 0.403 e. The maximum atomic E-state index is 12.8. The molecule has 0 saturated heterocycles. The van der Waals surface area contributed by atoms with Crippen molar-refractivity contribution in [2.45, 2.75) is 6.36 Å². The monoisotopic (exact) mass is 272 g/mol. The van der Waals surface area contributed by atoms with Crippen molar-refractivity contribution in [3.63, 3.8) is 0 Å². The number of hydrogen-bond donors (Lipinski definition) is 1. The Hall–Kier alpha value is -2.81. The zero-order chi connectivity index (χ0) is 14.5. The van der Waals surface area contributed by atoms with E-state index in [1.807, 2.05) is 5.43 Å². The van der Waals surface area contributed by atoms with Gasteiger partial charge in [-0.3, -0.25) is 5.43 Å². The number of hydrazone groups is 1. The topological polar surface area (TPSA) is 81.2 Å². The quantitative estimate of drug-likeness (QED) is 0.520. The fourth-order valence-electron chi connectivity index (χ4n) is 0.989. The van der Waals surface area contributed by atoms with Crippen molar-refractivity contribution >= 4 is 11.4 Å². The van der Waals surface area contributed by atoms with Crippen molar-refractivity contribution < 1.29 is 22.3 Å². The van der Waals surface area contributed by atoms with Crippen molar-refractivity contribution in [2.75, 3.05) is 5.43 Å². The number of nitriles is 2.